The standard InChI is InChI=1S/C28H43NO3Se/c1-7-9-16-22(31-6)23(17-10-8-2)33-24-21-18-19-28(5,27(21,3)4)25(24)29-32-26(30)20-14-12-11-13-15-20/h11-15,21-24H,7-10,16-19H2,1-6H3/b29-25-/t21-,22?,23?,24+,28+/m1/s1. The van der Waals surface area contributed by atoms with Gasteiger partial charge in [-0.15, -0.1) is 0 Å². The summed E-state index contributed by atoms with van der Waals surface area (Å²) in [5, 5.41) is 4.65. The summed E-state index contributed by atoms with van der Waals surface area (Å²) < 4.78 is 6.06. The fourth-order valence-electron chi connectivity index (χ4n) is 5.85. The van der Waals surface area contributed by atoms with E-state index in [0.717, 1.165) is 18.6 Å². The van der Waals surface area contributed by atoms with Crippen LogP contribution in [0.25, 0.3) is 0 Å². The molecule has 5 atom stereocenters. The minimum atomic E-state index is -0.362. The van der Waals surface area contributed by atoms with Gasteiger partial charge >= 0.3 is 208 Å². The predicted molar refractivity (Wildman–Crippen MR) is 137 cm³/mol. The molecule has 0 N–H and O–H groups in total. The van der Waals surface area contributed by atoms with Gasteiger partial charge in [0, 0.05) is 0 Å². The van der Waals surface area contributed by atoms with Crippen LogP contribution in [0.3, 0.4) is 0 Å². The second kappa shape index (κ2) is 11.5. The molecule has 2 saturated carbocycles. The molecule has 4 nitrogen and oxygen atoms in total. The quantitative estimate of drug-likeness (QED) is 0.165. The Labute approximate surface area is 207 Å². The van der Waals surface area contributed by atoms with Gasteiger partial charge in [-0.05, 0) is 0 Å². The Morgan fingerprint density at radius 3 is 2.42 bits per heavy atom. The zero-order valence-corrected chi connectivity index (χ0v) is 23.1. The number of rotatable bonds is 12. The topological polar surface area (TPSA) is 47.9 Å². The van der Waals surface area contributed by atoms with Crippen molar-refractivity contribution in [3.8, 4) is 0 Å². The monoisotopic (exact) mass is 521 g/mol. The molecule has 0 spiro atoms. The van der Waals surface area contributed by atoms with Gasteiger partial charge in [0.25, 0.3) is 0 Å². The number of hydrogen-bond acceptors (Lipinski definition) is 4. The zero-order valence-electron chi connectivity index (χ0n) is 21.4. The molecule has 3 rings (SSSR count). The zero-order chi connectivity index (χ0) is 24.1. The molecule has 2 bridgehead atoms. The number of fused-ring (bicyclic) bond motifs is 2. The van der Waals surface area contributed by atoms with Crippen LogP contribution < -0.4 is 0 Å². The van der Waals surface area contributed by atoms with Crippen molar-refractivity contribution in [1.82, 2.24) is 0 Å². The van der Waals surface area contributed by atoms with Crippen LogP contribution in [0.2, 0.25) is 9.63 Å². The van der Waals surface area contributed by atoms with E-state index in [4.69, 9.17) is 9.57 Å². The maximum atomic E-state index is 12.7. The first-order valence-corrected chi connectivity index (χ1v) is 14.8. The van der Waals surface area contributed by atoms with Crippen LogP contribution in [0.4, 0.5) is 0 Å². The van der Waals surface area contributed by atoms with Crippen molar-refractivity contribution < 1.29 is 14.4 Å². The number of ether oxygens (including phenoxy) is 1. The fourth-order valence-corrected chi connectivity index (χ4v) is 10.5. The summed E-state index contributed by atoms with van der Waals surface area (Å²) in [6, 6.07) is 9.19. The van der Waals surface area contributed by atoms with Crippen LogP contribution in [0.5, 0.6) is 0 Å². The molecule has 2 unspecified atom stereocenters. The summed E-state index contributed by atoms with van der Waals surface area (Å²) in [5.41, 5.74) is 1.84. The van der Waals surface area contributed by atoms with E-state index >= 15 is 0 Å². The van der Waals surface area contributed by atoms with Crippen LogP contribution in [0.15, 0.2) is 35.5 Å². The number of benzene rings is 1. The van der Waals surface area contributed by atoms with E-state index < -0.39 is 0 Å². The number of hydrogen-bond donors (Lipinski definition) is 0. The Morgan fingerprint density at radius 2 is 1.79 bits per heavy atom. The maximum absolute atomic E-state index is 12.7. The van der Waals surface area contributed by atoms with Crippen molar-refractivity contribution in [3.05, 3.63) is 35.9 Å². The Morgan fingerprint density at radius 1 is 1.12 bits per heavy atom. The van der Waals surface area contributed by atoms with Crippen LogP contribution in [0, 0.1) is 16.7 Å². The van der Waals surface area contributed by atoms with E-state index in [1.54, 1.807) is 12.1 Å². The van der Waals surface area contributed by atoms with E-state index in [2.05, 4.69) is 39.8 Å². The number of carbonyl (C=O) groups is 1. The van der Waals surface area contributed by atoms with E-state index in [-0.39, 0.29) is 16.8 Å². The van der Waals surface area contributed by atoms with E-state index in [1.807, 2.05) is 25.3 Å². The Kier molecular flexibility index (Phi) is 9.22. The van der Waals surface area contributed by atoms with Crippen molar-refractivity contribution in [3.63, 3.8) is 0 Å². The summed E-state index contributed by atoms with van der Waals surface area (Å²) in [4.78, 5) is 19.3. The number of nitrogens with zero attached hydrogens (tertiary/aromatic N) is 1. The van der Waals surface area contributed by atoms with Gasteiger partial charge in [0.1, 0.15) is 0 Å². The third kappa shape index (κ3) is 5.41. The van der Waals surface area contributed by atoms with Crippen molar-refractivity contribution in [2.24, 2.45) is 21.9 Å². The molecule has 0 aliphatic heterocycles. The molecule has 2 fully saturated rings. The average molecular weight is 521 g/mol. The number of carbonyl (C=O) groups excluding carboxylic acids is 1. The van der Waals surface area contributed by atoms with E-state index in [9.17, 15) is 4.79 Å². The van der Waals surface area contributed by atoms with Gasteiger partial charge in [0.05, 0.1) is 0 Å². The molecule has 1 aromatic carbocycles. The SMILES string of the molecule is CCCCC(OC)C(CCCC)[Se][C@@H]1/C(=N/OC(=O)c2ccccc2)[C@]2(C)CC[C@H]1C2(C)C. The molecule has 0 heterocycles. The molecule has 0 radical (unpaired) electrons. The number of unbranched alkanes of at least 4 members (excludes halogenated alkanes) is 2. The molecule has 0 aromatic heterocycles. The fraction of sp³-hybridized carbons (Fsp3) is 0.714. The van der Waals surface area contributed by atoms with Gasteiger partial charge in [-0.1, -0.05) is 0 Å². The summed E-state index contributed by atoms with van der Waals surface area (Å²) in [5.74, 6) is 0.239. The van der Waals surface area contributed by atoms with Crippen LogP contribution >= 0.6 is 0 Å². The molecule has 0 saturated heterocycles. The molecular formula is C28H43NO3Se. The molecule has 2 aliphatic carbocycles. The van der Waals surface area contributed by atoms with Crippen molar-refractivity contribution in [1.29, 1.82) is 0 Å². The molecule has 5 heteroatoms. The van der Waals surface area contributed by atoms with E-state index in [0.29, 0.717) is 42.2 Å². The van der Waals surface area contributed by atoms with Crippen molar-refractivity contribution >= 4 is 26.6 Å². The third-order valence-electron chi connectivity index (χ3n) is 8.46. The minimum absolute atomic E-state index is 0.0116. The van der Waals surface area contributed by atoms with Crippen molar-refractivity contribution in [2.45, 2.75) is 102 Å². The van der Waals surface area contributed by atoms with Crippen molar-refractivity contribution in [2.75, 3.05) is 7.11 Å². The first kappa shape index (κ1) is 26.4. The number of oxime groups is 1. The Hall–Kier alpha value is -1.16. The first-order chi connectivity index (χ1) is 15.8. The summed E-state index contributed by atoms with van der Waals surface area (Å²) in [7, 11) is 1.89. The molecule has 0 amide bonds. The van der Waals surface area contributed by atoms with Crippen LogP contribution in [0.1, 0.15) is 96.3 Å². The molecule has 1 aromatic rings. The second-order valence-corrected chi connectivity index (χ2v) is 13.5. The summed E-state index contributed by atoms with van der Waals surface area (Å²) >= 11 is 0.349. The first-order valence-electron chi connectivity index (χ1n) is 12.8. The Balaban J connectivity index is 1.87. The van der Waals surface area contributed by atoms with Gasteiger partial charge < -0.3 is 0 Å². The summed E-state index contributed by atoms with van der Waals surface area (Å²) in [6.07, 6.45) is 9.91. The third-order valence-corrected chi connectivity index (χ3v) is 12.1. The molecular weight excluding hydrogens is 477 g/mol. The molecule has 33 heavy (non-hydrogen) atoms. The van der Waals surface area contributed by atoms with Gasteiger partial charge in [0.2, 0.25) is 0 Å². The Bertz CT molecular complexity index is 809. The van der Waals surface area contributed by atoms with Crippen LogP contribution in [-0.4, -0.2) is 39.9 Å². The van der Waals surface area contributed by atoms with Gasteiger partial charge in [-0.25, -0.2) is 0 Å². The second-order valence-electron chi connectivity index (χ2n) is 10.6. The van der Waals surface area contributed by atoms with Gasteiger partial charge in [-0.3, -0.25) is 0 Å². The predicted octanol–water partition coefficient (Wildman–Crippen LogP) is 7.33. The van der Waals surface area contributed by atoms with Gasteiger partial charge in [-0.2, -0.15) is 0 Å². The summed E-state index contributed by atoms with van der Waals surface area (Å²) in [6.45, 7) is 11.7. The molecule has 184 valence electrons. The van der Waals surface area contributed by atoms with Gasteiger partial charge in [0.15, 0.2) is 0 Å². The van der Waals surface area contributed by atoms with Crippen LogP contribution in [-0.2, 0) is 9.57 Å². The number of methoxy groups -OCH3 is 1. The normalized spacial score (nSPS) is 28.7. The molecule has 2 aliphatic rings. The van der Waals surface area contributed by atoms with E-state index in [1.165, 1.54) is 38.5 Å². The average Bonchev–Trinajstić information content (AvgIpc) is 3.14.